The molecule has 5 nitrogen and oxygen atoms in total. The number of pyridine rings is 1. The van der Waals surface area contributed by atoms with Gasteiger partial charge < -0.3 is 19.7 Å². The number of aryl methyl sites for hydroxylation is 1. The van der Waals surface area contributed by atoms with Crippen LogP contribution in [-0.4, -0.2) is 27.8 Å². The molecule has 0 spiro atoms. The summed E-state index contributed by atoms with van der Waals surface area (Å²) in [6.07, 6.45) is 4.23. The molecule has 0 radical (unpaired) electrons. The molecule has 4 heterocycles. The summed E-state index contributed by atoms with van der Waals surface area (Å²) in [6, 6.07) is 27.0. The van der Waals surface area contributed by atoms with E-state index in [1.54, 1.807) is 0 Å². The highest BCUT2D eigenvalue weighted by atomic mass is 35.5. The van der Waals surface area contributed by atoms with Gasteiger partial charge in [0.1, 0.15) is 6.04 Å². The Balaban J connectivity index is 1.44. The average molecular weight is 542 g/mol. The second-order valence-electron chi connectivity index (χ2n) is 10.4. The highest BCUT2D eigenvalue weighted by Crippen LogP contribution is 2.44. The van der Waals surface area contributed by atoms with Crippen molar-refractivity contribution in [2.45, 2.75) is 38.8 Å². The number of para-hydroxylation sites is 1. The lowest BCUT2D eigenvalue weighted by Crippen LogP contribution is -2.33. The van der Waals surface area contributed by atoms with Crippen molar-refractivity contribution in [1.82, 2.24) is 14.9 Å². The van der Waals surface area contributed by atoms with Crippen LogP contribution in [0, 0.1) is 12.8 Å². The van der Waals surface area contributed by atoms with Crippen molar-refractivity contribution >= 4 is 40.3 Å². The van der Waals surface area contributed by atoms with Crippen LogP contribution in [0.2, 0.25) is 5.02 Å². The molecular weight excluding hydrogens is 510 g/mol. The van der Waals surface area contributed by atoms with Crippen molar-refractivity contribution in [1.29, 1.82) is 0 Å². The van der Waals surface area contributed by atoms with Crippen LogP contribution < -0.4 is 15.1 Å². The van der Waals surface area contributed by atoms with Crippen molar-refractivity contribution in [3.8, 4) is 5.69 Å². The Morgan fingerprint density at radius 2 is 1.68 bits per heavy atom. The van der Waals surface area contributed by atoms with Gasteiger partial charge in [-0.1, -0.05) is 42.8 Å². The lowest BCUT2D eigenvalue weighted by molar-refractivity contribution is 0.438. The molecule has 0 unspecified atom stereocenters. The third-order valence-electron chi connectivity index (χ3n) is 7.86. The van der Waals surface area contributed by atoms with Crippen LogP contribution in [0.3, 0.4) is 0 Å². The monoisotopic (exact) mass is 541 g/mol. The van der Waals surface area contributed by atoms with Gasteiger partial charge in [-0.3, -0.25) is 4.98 Å². The standard InChI is InChI=1S/C31H32ClN5S/c1-21-15-18-35(19-16-21)27-14-12-24(20-25(27)32)37-30(29(34-31(37)38)26-10-6-7-17-33-26)28-13-11-22(2)36(28)23-8-4-3-5-9-23/h3-14,17,20-21,29-30H,15-16,18-19H2,1-2H3,(H,34,38)/t29-,30+/m1/s1. The molecule has 194 valence electrons. The van der Waals surface area contributed by atoms with Crippen LogP contribution >= 0.6 is 23.8 Å². The number of halogens is 1. The molecule has 38 heavy (non-hydrogen) atoms. The van der Waals surface area contributed by atoms with Crippen LogP contribution in [0.15, 0.2) is 85.1 Å². The van der Waals surface area contributed by atoms with Crippen molar-refractivity contribution in [3.63, 3.8) is 0 Å². The number of rotatable bonds is 5. The summed E-state index contributed by atoms with van der Waals surface area (Å²) in [7, 11) is 0. The van der Waals surface area contributed by atoms with Gasteiger partial charge in [0.2, 0.25) is 0 Å². The maximum atomic E-state index is 6.95. The first-order valence-corrected chi connectivity index (χ1v) is 14.1. The van der Waals surface area contributed by atoms with Crippen LogP contribution in [-0.2, 0) is 0 Å². The van der Waals surface area contributed by atoms with E-state index in [9.17, 15) is 0 Å². The van der Waals surface area contributed by atoms with Crippen LogP contribution in [0.5, 0.6) is 0 Å². The molecule has 0 aliphatic carbocycles. The first-order chi connectivity index (χ1) is 18.5. The van der Waals surface area contributed by atoms with E-state index in [4.69, 9.17) is 28.8 Å². The van der Waals surface area contributed by atoms with Crippen LogP contribution in [0.25, 0.3) is 5.69 Å². The molecular formula is C31H32ClN5S. The molecule has 2 atom stereocenters. The summed E-state index contributed by atoms with van der Waals surface area (Å²) >= 11 is 12.9. The van der Waals surface area contributed by atoms with Gasteiger partial charge >= 0.3 is 0 Å². The number of aromatic nitrogens is 2. The average Bonchev–Trinajstić information content (AvgIpc) is 3.49. The van der Waals surface area contributed by atoms with E-state index in [-0.39, 0.29) is 12.1 Å². The second-order valence-corrected chi connectivity index (χ2v) is 11.2. The van der Waals surface area contributed by atoms with Gasteiger partial charge in [0.15, 0.2) is 5.11 Å². The Kier molecular flexibility index (Phi) is 6.85. The molecule has 4 aromatic rings. The Morgan fingerprint density at radius 1 is 0.921 bits per heavy atom. The van der Waals surface area contributed by atoms with Gasteiger partial charge in [-0.15, -0.1) is 0 Å². The maximum absolute atomic E-state index is 6.95. The molecule has 0 amide bonds. The Labute approximate surface area is 235 Å². The Bertz CT molecular complexity index is 1430. The van der Waals surface area contributed by atoms with E-state index in [1.165, 1.54) is 12.8 Å². The van der Waals surface area contributed by atoms with Gasteiger partial charge in [0.25, 0.3) is 0 Å². The minimum Gasteiger partial charge on any atom is -0.370 e. The quantitative estimate of drug-likeness (QED) is 0.269. The largest absolute Gasteiger partial charge is 0.370 e. The van der Waals surface area contributed by atoms with Crippen LogP contribution in [0.1, 0.15) is 48.9 Å². The zero-order valence-electron chi connectivity index (χ0n) is 21.7. The van der Waals surface area contributed by atoms with E-state index in [0.717, 1.165) is 58.2 Å². The van der Waals surface area contributed by atoms with Gasteiger partial charge in [-0.25, -0.2) is 0 Å². The molecule has 1 N–H and O–H groups in total. The predicted molar refractivity (Wildman–Crippen MR) is 161 cm³/mol. The number of nitrogens with one attached hydrogen (secondary N) is 1. The summed E-state index contributed by atoms with van der Waals surface area (Å²) in [5.41, 5.74) is 6.45. The van der Waals surface area contributed by atoms with Crippen LogP contribution in [0.4, 0.5) is 11.4 Å². The van der Waals surface area contributed by atoms with E-state index in [2.05, 4.69) is 94.2 Å². The second kappa shape index (κ2) is 10.4. The SMILES string of the molecule is Cc1ccc([C@H]2[C@@H](c3ccccn3)NC(=S)N2c2ccc(N3CCC(C)CC3)c(Cl)c2)n1-c1ccccc1. The highest BCUT2D eigenvalue weighted by Gasteiger charge is 2.42. The number of hydrogen-bond acceptors (Lipinski definition) is 3. The third kappa shape index (κ3) is 4.56. The zero-order valence-corrected chi connectivity index (χ0v) is 23.3. The molecule has 2 saturated heterocycles. The predicted octanol–water partition coefficient (Wildman–Crippen LogP) is 7.25. The molecule has 7 heteroatoms. The Hall–Kier alpha value is -3.35. The number of thiocarbonyl (C=S) groups is 1. The van der Waals surface area contributed by atoms with Crippen molar-refractivity contribution < 1.29 is 0 Å². The maximum Gasteiger partial charge on any atom is 0.174 e. The minimum absolute atomic E-state index is 0.121. The molecule has 2 aliphatic heterocycles. The lowest BCUT2D eigenvalue weighted by atomic mass is 9.98. The summed E-state index contributed by atoms with van der Waals surface area (Å²) in [5, 5.41) is 5.01. The van der Waals surface area contributed by atoms with Crippen molar-refractivity contribution in [2.24, 2.45) is 5.92 Å². The zero-order chi connectivity index (χ0) is 26.2. The van der Waals surface area contributed by atoms with E-state index in [0.29, 0.717) is 5.11 Å². The fraction of sp³-hybridized carbons (Fsp3) is 0.290. The minimum atomic E-state index is -0.123. The molecule has 2 fully saturated rings. The van der Waals surface area contributed by atoms with E-state index in [1.807, 2.05) is 24.4 Å². The fourth-order valence-electron chi connectivity index (χ4n) is 5.80. The van der Waals surface area contributed by atoms with E-state index < -0.39 is 0 Å². The molecule has 6 rings (SSSR count). The lowest BCUT2D eigenvalue weighted by Gasteiger charge is -2.34. The van der Waals surface area contributed by atoms with Crippen molar-refractivity contribution in [2.75, 3.05) is 22.9 Å². The number of nitrogens with zero attached hydrogens (tertiary/aromatic N) is 4. The molecule has 0 bridgehead atoms. The summed E-state index contributed by atoms with van der Waals surface area (Å²) < 4.78 is 2.31. The van der Waals surface area contributed by atoms with Crippen molar-refractivity contribution in [3.05, 3.63) is 107 Å². The highest BCUT2D eigenvalue weighted by molar-refractivity contribution is 7.80. The molecule has 2 aromatic carbocycles. The number of anilines is 2. The fourth-order valence-corrected chi connectivity index (χ4v) is 6.44. The van der Waals surface area contributed by atoms with Gasteiger partial charge in [0.05, 0.1) is 22.4 Å². The summed E-state index contributed by atoms with van der Waals surface area (Å²) in [6.45, 7) is 6.55. The van der Waals surface area contributed by atoms with E-state index >= 15 is 0 Å². The number of benzene rings is 2. The smallest absolute Gasteiger partial charge is 0.174 e. The molecule has 0 saturated carbocycles. The van der Waals surface area contributed by atoms with Gasteiger partial charge in [-0.2, -0.15) is 0 Å². The first kappa shape index (κ1) is 25.0. The Morgan fingerprint density at radius 3 is 2.39 bits per heavy atom. The first-order valence-electron chi connectivity index (χ1n) is 13.3. The number of hydrogen-bond donors (Lipinski definition) is 1. The summed E-state index contributed by atoms with van der Waals surface area (Å²) in [4.78, 5) is 9.33. The summed E-state index contributed by atoms with van der Waals surface area (Å²) in [5.74, 6) is 0.769. The third-order valence-corrected chi connectivity index (χ3v) is 8.47. The van der Waals surface area contributed by atoms with Gasteiger partial charge in [-0.05, 0) is 92.5 Å². The topological polar surface area (TPSA) is 36.3 Å². The number of piperidine rings is 1. The normalized spacial score (nSPS) is 20.1. The van der Waals surface area contributed by atoms with Gasteiger partial charge in [0, 0.05) is 42.0 Å². The molecule has 2 aliphatic rings. The molecule has 2 aromatic heterocycles.